The Bertz CT molecular complexity index is 640. The summed E-state index contributed by atoms with van der Waals surface area (Å²) in [6.07, 6.45) is 3.44. The molecule has 20 heavy (non-hydrogen) atoms. The summed E-state index contributed by atoms with van der Waals surface area (Å²) in [6, 6.07) is 1.73. The van der Waals surface area contributed by atoms with Crippen molar-refractivity contribution in [2.45, 2.75) is 19.9 Å². The fourth-order valence-corrected chi connectivity index (χ4v) is 1.64. The predicted molar refractivity (Wildman–Crippen MR) is 66.5 cm³/mol. The molecule has 0 unspecified atom stereocenters. The normalized spacial score (nSPS) is 10.6. The second kappa shape index (κ2) is 5.77. The third-order valence-corrected chi connectivity index (χ3v) is 2.64. The second-order valence-corrected chi connectivity index (χ2v) is 4.30. The number of nitrogens with zero attached hydrogens (tertiary/aromatic N) is 2. The average Bonchev–Trinajstić information content (AvgIpc) is 2.83. The number of rotatable bonds is 4. The van der Waals surface area contributed by atoms with Crippen molar-refractivity contribution in [3.05, 3.63) is 47.5 Å². The van der Waals surface area contributed by atoms with Crippen LogP contribution in [0.5, 0.6) is 0 Å². The number of aryl methyl sites for hydroxylation is 2. The molecule has 0 saturated carbocycles. The van der Waals surface area contributed by atoms with Crippen molar-refractivity contribution in [2.75, 3.05) is 5.32 Å². The number of carbonyl (C=O) groups is 1. The summed E-state index contributed by atoms with van der Waals surface area (Å²) in [5, 5.41) is 6.18. The summed E-state index contributed by atoms with van der Waals surface area (Å²) in [5.74, 6) is -4.82. The number of anilines is 1. The lowest BCUT2D eigenvalue weighted by Crippen LogP contribution is -2.16. The molecule has 1 amide bonds. The Kier molecular flexibility index (Phi) is 4.07. The minimum Gasteiger partial charge on any atom is -0.323 e. The molecule has 0 atom stereocenters. The predicted octanol–water partition coefficient (Wildman–Crippen LogP) is 2.64. The van der Waals surface area contributed by atoms with Crippen LogP contribution in [-0.4, -0.2) is 15.7 Å². The van der Waals surface area contributed by atoms with Gasteiger partial charge in [-0.2, -0.15) is 5.10 Å². The Morgan fingerprint density at radius 2 is 2.05 bits per heavy atom. The van der Waals surface area contributed by atoms with Crippen LogP contribution in [0.2, 0.25) is 0 Å². The van der Waals surface area contributed by atoms with Gasteiger partial charge < -0.3 is 5.32 Å². The van der Waals surface area contributed by atoms with Crippen molar-refractivity contribution in [1.29, 1.82) is 0 Å². The molecule has 0 spiro atoms. The highest BCUT2D eigenvalue weighted by molar-refractivity contribution is 5.90. The van der Waals surface area contributed by atoms with E-state index in [0.29, 0.717) is 6.54 Å². The lowest BCUT2D eigenvalue weighted by atomic mass is 10.2. The molecule has 2 aromatic rings. The molecule has 0 bridgehead atoms. The van der Waals surface area contributed by atoms with Crippen LogP contribution in [0.1, 0.15) is 12.0 Å². The van der Waals surface area contributed by atoms with Gasteiger partial charge in [0.25, 0.3) is 0 Å². The molecule has 0 aliphatic carbocycles. The Morgan fingerprint density at radius 1 is 1.30 bits per heavy atom. The van der Waals surface area contributed by atoms with Crippen LogP contribution in [0, 0.1) is 24.4 Å². The van der Waals surface area contributed by atoms with E-state index in [9.17, 15) is 18.0 Å². The summed E-state index contributed by atoms with van der Waals surface area (Å²) in [4.78, 5) is 11.6. The summed E-state index contributed by atoms with van der Waals surface area (Å²) in [7, 11) is 0. The molecule has 0 aliphatic rings. The number of aromatic nitrogens is 2. The quantitative estimate of drug-likeness (QED) is 0.877. The third kappa shape index (κ3) is 3.17. The summed E-state index contributed by atoms with van der Waals surface area (Å²) in [6.45, 7) is 2.17. The lowest BCUT2D eigenvalue weighted by molar-refractivity contribution is -0.116. The van der Waals surface area contributed by atoms with Crippen LogP contribution in [0.25, 0.3) is 0 Å². The van der Waals surface area contributed by atoms with Gasteiger partial charge in [-0.05, 0) is 24.6 Å². The molecule has 0 aliphatic heterocycles. The van der Waals surface area contributed by atoms with Crippen molar-refractivity contribution in [3.63, 3.8) is 0 Å². The highest BCUT2D eigenvalue weighted by Crippen LogP contribution is 2.19. The van der Waals surface area contributed by atoms with Crippen LogP contribution in [0.15, 0.2) is 24.5 Å². The molecule has 4 nitrogen and oxygen atoms in total. The number of hydrogen-bond acceptors (Lipinski definition) is 2. The van der Waals surface area contributed by atoms with Crippen molar-refractivity contribution in [2.24, 2.45) is 0 Å². The Hall–Kier alpha value is -2.31. The summed E-state index contributed by atoms with van der Waals surface area (Å²) in [5.41, 5.74) is 0.572. The van der Waals surface area contributed by atoms with Gasteiger partial charge in [-0.25, -0.2) is 13.2 Å². The molecule has 106 valence electrons. The SMILES string of the molecule is Cc1cnn(CCC(=O)Nc2ccc(F)c(F)c2F)c1. The van der Waals surface area contributed by atoms with Crippen molar-refractivity contribution in [3.8, 4) is 0 Å². The molecule has 7 heteroatoms. The van der Waals surface area contributed by atoms with Gasteiger partial charge in [-0.3, -0.25) is 9.48 Å². The summed E-state index contributed by atoms with van der Waals surface area (Å²) >= 11 is 0. The van der Waals surface area contributed by atoms with Crippen LogP contribution in [0.3, 0.4) is 0 Å². The van der Waals surface area contributed by atoms with E-state index in [1.54, 1.807) is 17.1 Å². The van der Waals surface area contributed by atoms with E-state index in [1.165, 1.54) is 0 Å². The Labute approximate surface area is 113 Å². The second-order valence-electron chi connectivity index (χ2n) is 4.30. The van der Waals surface area contributed by atoms with Crippen molar-refractivity contribution in [1.82, 2.24) is 9.78 Å². The van der Waals surface area contributed by atoms with E-state index in [0.717, 1.165) is 17.7 Å². The van der Waals surface area contributed by atoms with Gasteiger partial charge in [-0.15, -0.1) is 0 Å². The molecule has 1 aromatic heterocycles. The molecule has 0 radical (unpaired) electrons. The van der Waals surface area contributed by atoms with Gasteiger partial charge in [0, 0.05) is 19.2 Å². The highest BCUT2D eigenvalue weighted by atomic mass is 19.2. The first kappa shape index (κ1) is 14.1. The zero-order valence-corrected chi connectivity index (χ0v) is 10.7. The lowest BCUT2D eigenvalue weighted by Gasteiger charge is -2.07. The largest absolute Gasteiger partial charge is 0.323 e. The maximum atomic E-state index is 13.3. The van der Waals surface area contributed by atoms with E-state index >= 15 is 0 Å². The maximum Gasteiger partial charge on any atom is 0.226 e. The summed E-state index contributed by atoms with van der Waals surface area (Å²) < 4.78 is 40.6. The van der Waals surface area contributed by atoms with Crippen LogP contribution in [0.4, 0.5) is 18.9 Å². The number of halogens is 3. The average molecular weight is 283 g/mol. The zero-order valence-electron chi connectivity index (χ0n) is 10.7. The molecular formula is C13H12F3N3O. The number of amides is 1. The maximum absolute atomic E-state index is 13.3. The smallest absolute Gasteiger partial charge is 0.226 e. The number of benzene rings is 1. The standard InChI is InChI=1S/C13H12F3N3O/c1-8-6-17-19(7-8)5-4-11(20)18-10-3-2-9(14)12(15)13(10)16/h2-3,6-7H,4-5H2,1H3,(H,18,20). The van der Waals surface area contributed by atoms with Gasteiger partial charge in [0.2, 0.25) is 5.91 Å². The zero-order chi connectivity index (χ0) is 14.7. The minimum atomic E-state index is -1.61. The monoisotopic (exact) mass is 283 g/mol. The van der Waals surface area contributed by atoms with Crippen LogP contribution >= 0.6 is 0 Å². The molecule has 0 saturated heterocycles. The Morgan fingerprint density at radius 3 is 2.70 bits per heavy atom. The van der Waals surface area contributed by atoms with E-state index in [1.807, 2.05) is 6.92 Å². The van der Waals surface area contributed by atoms with Gasteiger partial charge in [0.1, 0.15) is 0 Å². The van der Waals surface area contributed by atoms with E-state index in [2.05, 4.69) is 10.4 Å². The third-order valence-electron chi connectivity index (χ3n) is 2.64. The molecule has 0 fully saturated rings. The molecular weight excluding hydrogens is 271 g/mol. The molecule has 1 heterocycles. The molecule has 1 N–H and O–H groups in total. The van der Waals surface area contributed by atoms with E-state index in [-0.39, 0.29) is 12.1 Å². The molecule has 1 aromatic carbocycles. The van der Waals surface area contributed by atoms with Crippen LogP contribution < -0.4 is 5.32 Å². The van der Waals surface area contributed by atoms with Crippen molar-refractivity contribution < 1.29 is 18.0 Å². The number of nitrogens with one attached hydrogen (secondary N) is 1. The molecule has 2 rings (SSSR count). The van der Waals surface area contributed by atoms with Gasteiger partial charge in [0.15, 0.2) is 17.5 Å². The number of carbonyl (C=O) groups excluding carboxylic acids is 1. The minimum absolute atomic E-state index is 0.0412. The fourth-order valence-electron chi connectivity index (χ4n) is 1.64. The van der Waals surface area contributed by atoms with Gasteiger partial charge in [0.05, 0.1) is 11.9 Å². The van der Waals surface area contributed by atoms with Gasteiger partial charge in [-0.1, -0.05) is 0 Å². The fraction of sp³-hybridized carbons (Fsp3) is 0.231. The van der Waals surface area contributed by atoms with Crippen LogP contribution in [-0.2, 0) is 11.3 Å². The van der Waals surface area contributed by atoms with E-state index < -0.39 is 23.4 Å². The van der Waals surface area contributed by atoms with Crippen molar-refractivity contribution >= 4 is 11.6 Å². The first-order chi connectivity index (χ1) is 9.47. The first-order valence-corrected chi connectivity index (χ1v) is 5.90. The Balaban J connectivity index is 1.96. The highest BCUT2D eigenvalue weighted by Gasteiger charge is 2.15. The number of hydrogen-bond donors (Lipinski definition) is 1. The topological polar surface area (TPSA) is 46.9 Å². The first-order valence-electron chi connectivity index (χ1n) is 5.90. The van der Waals surface area contributed by atoms with E-state index in [4.69, 9.17) is 0 Å². The van der Waals surface area contributed by atoms with Gasteiger partial charge >= 0.3 is 0 Å².